The molecular formula is C12H13ClN4OS. The van der Waals surface area contributed by atoms with Crippen LogP contribution in [0.25, 0.3) is 0 Å². The number of nitrogens with zero attached hydrogens (tertiary/aromatic N) is 2. The number of carbonyl (C=O) groups excluding carboxylic acids is 1. The first-order valence-electron chi connectivity index (χ1n) is 5.68. The lowest BCUT2D eigenvalue weighted by molar-refractivity contribution is -0.117. The van der Waals surface area contributed by atoms with Crippen molar-refractivity contribution < 1.29 is 4.79 Å². The maximum absolute atomic E-state index is 11.4. The molecule has 1 heterocycles. The van der Waals surface area contributed by atoms with Crippen LogP contribution in [0.3, 0.4) is 0 Å². The van der Waals surface area contributed by atoms with Crippen LogP contribution in [-0.2, 0) is 11.2 Å². The van der Waals surface area contributed by atoms with Crippen molar-refractivity contribution in [3.63, 3.8) is 0 Å². The van der Waals surface area contributed by atoms with Crippen molar-refractivity contribution >= 4 is 34.0 Å². The van der Waals surface area contributed by atoms with Crippen molar-refractivity contribution in [3.8, 4) is 0 Å². The molecule has 19 heavy (non-hydrogen) atoms. The number of carbonyl (C=O) groups is 1. The Bertz CT molecular complexity index is 585. The molecule has 0 unspecified atom stereocenters. The molecule has 0 saturated heterocycles. The van der Waals surface area contributed by atoms with E-state index in [1.54, 1.807) is 6.92 Å². The van der Waals surface area contributed by atoms with Gasteiger partial charge in [0.2, 0.25) is 11.0 Å². The fourth-order valence-corrected chi connectivity index (χ4v) is 2.41. The summed E-state index contributed by atoms with van der Waals surface area (Å²) in [5.41, 5.74) is 6.51. The Kier molecular flexibility index (Phi) is 4.47. The zero-order valence-corrected chi connectivity index (χ0v) is 11.8. The Hall–Kier alpha value is -1.50. The summed E-state index contributed by atoms with van der Waals surface area (Å²) in [6, 6.07) is 6.98. The molecule has 0 aliphatic heterocycles. The minimum Gasteiger partial charge on any atom is -0.320 e. The largest absolute Gasteiger partial charge is 0.320 e. The first-order valence-corrected chi connectivity index (χ1v) is 6.87. The molecule has 1 atom stereocenters. The van der Waals surface area contributed by atoms with Crippen molar-refractivity contribution in [2.45, 2.75) is 19.4 Å². The van der Waals surface area contributed by atoms with Gasteiger partial charge in [-0.25, -0.2) is 0 Å². The van der Waals surface area contributed by atoms with Crippen LogP contribution in [0.4, 0.5) is 5.13 Å². The summed E-state index contributed by atoms with van der Waals surface area (Å²) in [6.45, 7) is 1.61. The zero-order chi connectivity index (χ0) is 13.8. The number of rotatable bonds is 4. The van der Waals surface area contributed by atoms with Gasteiger partial charge in [0.15, 0.2) is 0 Å². The standard InChI is InChI=1S/C12H13ClN4OS/c1-7(14)11(18)15-12-17-16-10(19-12)6-8-3-2-4-9(13)5-8/h2-5,7H,6,14H2,1H3,(H,15,17,18)/t7-/m0/s1. The number of amides is 1. The molecule has 0 bridgehead atoms. The predicted octanol–water partition coefficient (Wildman–Crippen LogP) is 2.07. The van der Waals surface area contributed by atoms with E-state index in [-0.39, 0.29) is 5.91 Å². The second kappa shape index (κ2) is 6.10. The molecule has 0 saturated carbocycles. The van der Waals surface area contributed by atoms with Crippen molar-refractivity contribution in [2.75, 3.05) is 5.32 Å². The van der Waals surface area contributed by atoms with E-state index in [9.17, 15) is 4.79 Å². The van der Waals surface area contributed by atoms with Gasteiger partial charge in [-0.05, 0) is 24.6 Å². The Morgan fingerprint density at radius 1 is 1.53 bits per heavy atom. The SMILES string of the molecule is C[C@H](N)C(=O)Nc1nnc(Cc2cccc(Cl)c2)s1. The highest BCUT2D eigenvalue weighted by molar-refractivity contribution is 7.15. The Morgan fingerprint density at radius 2 is 2.32 bits per heavy atom. The van der Waals surface area contributed by atoms with Gasteiger partial charge in [0.1, 0.15) is 5.01 Å². The monoisotopic (exact) mass is 296 g/mol. The Labute approximate surface area is 119 Å². The fraction of sp³-hybridized carbons (Fsp3) is 0.250. The van der Waals surface area contributed by atoms with E-state index in [0.29, 0.717) is 16.6 Å². The number of aromatic nitrogens is 2. The highest BCUT2D eigenvalue weighted by Crippen LogP contribution is 2.20. The maximum atomic E-state index is 11.4. The van der Waals surface area contributed by atoms with E-state index in [1.165, 1.54) is 11.3 Å². The molecule has 0 fully saturated rings. The number of anilines is 1. The molecular weight excluding hydrogens is 284 g/mol. The van der Waals surface area contributed by atoms with Gasteiger partial charge in [-0.3, -0.25) is 10.1 Å². The maximum Gasteiger partial charge on any atom is 0.242 e. The topological polar surface area (TPSA) is 80.9 Å². The van der Waals surface area contributed by atoms with Crippen LogP contribution in [0.5, 0.6) is 0 Å². The fourth-order valence-electron chi connectivity index (χ4n) is 1.42. The number of hydrogen-bond acceptors (Lipinski definition) is 5. The third-order valence-electron chi connectivity index (χ3n) is 2.35. The lowest BCUT2D eigenvalue weighted by atomic mass is 10.2. The molecule has 5 nitrogen and oxygen atoms in total. The van der Waals surface area contributed by atoms with Crippen molar-refractivity contribution in [3.05, 3.63) is 39.9 Å². The summed E-state index contributed by atoms with van der Waals surface area (Å²) in [6.07, 6.45) is 0.631. The molecule has 1 aromatic heterocycles. The molecule has 3 N–H and O–H groups in total. The average molecular weight is 297 g/mol. The third kappa shape index (κ3) is 3.99. The molecule has 100 valence electrons. The molecule has 0 aliphatic carbocycles. The first-order chi connectivity index (χ1) is 9.04. The van der Waals surface area contributed by atoms with Gasteiger partial charge in [0.05, 0.1) is 6.04 Å². The van der Waals surface area contributed by atoms with Gasteiger partial charge < -0.3 is 5.73 Å². The van der Waals surface area contributed by atoms with E-state index < -0.39 is 6.04 Å². The third-order valence-corrected chi connectivity index (χ3v) is 3.43. The predicted molar refractivity (Wildman–Crippen MR) is 76.4 cm³/mol. The van der Waals surface area contributed by atoms with E-state index in [4.69, 9.17) is 17.3 Å². The van der Waals surface area contributed by atoms with Gasteiger partial charge in [0.25, 0.3) is 0 Å². The highest BCUT2D eigenvalue weighted by atomic mass is 35.5. The number of nitrogens with two attached hydrogens (primary N) is 1. The second-order valence-corrected chi connectivity index (χ2v) is 5.58. The Balaban J connectivity index is 2.03. The minimum atomic E-state index is -0.569. The molecule has 1 amide bonds. The Morgan fingerprint density at radius 3 is 3.00 bits per heavy atom. The van der Waals surface area contributed by atoms with Gasteiger partial charge >= 0.3 is 0 Å². The number of benzene rings is 1. The summed E-state index contributed by atoms with van der Waals surface area (Å²) in [7, 11) is 0. The summed E-state index contributed by atoms with van der Waals surface area (Å²) < 4.78 is 0. The summed E-state index contributed by atoms with van der Waals surface area (Å²) in [4.78, 5) is 11.4. The van der Waals surface area contributed by atoms with E-state index in [0.717, 1.165) is 10.6 Å². The summed E-state index contributed by atoms with van der Waals surface area (Å²) in [5.74, 6) is -0.273. The van der Waals surface area contributed by atoms with Crippen LogP contribution in [0.2, 0.25) is 5.02 Å². The van der Waals surface area contributed by atoms with Crippen LogP contribution >= 0.6 is 22.9 Å². The second-order valence-electron chi connectivity index (χ2n) is 4.09. The van der Waals surface area contributed by atoms with Crippen molar-refractivity contribution in [2.24, 2.45) is 5.73 Å². The van der Waals surface area contributed by atoms with Gasteiger partial charge in [-0.15, -0.1) is 10.2 Å². The lowest BCUT2D eigenvalue weighted by Gasteiger charge is -2.02. The average Bonchev–Trinajstić information content (AvgIpc) is 2.76. The minimum absolute atomic E-state index is 0.273. The lowest BCUT2D eigenvalue weighted by Crippen LogP contribution is -2.32. The molecule has 2 aromatic rings. The number of halogens is 1. The van der Waals surface area contributed by atoms with Crippen LogP contribution in [0, 0.1) is 0 Å². The number of hydrogen-bond donors (Lipinski definition) is 2. The molecule has 2 rings (SSSR count). The quantitative estimate of drug-likeness (QED) is 0.905. The van der Waals surface area contributed by atoms with E-state index in [1.807, 2.05) is 24.3 Å². The summed E-state index contributed by atoms with van der Waals surface area (Å²) in [5, 5.41) is 12.5. The molecule has 7 heteroatoms. The van der Waals surface area contributed by atoms with Crippen LogP contribution in [0.1, 0.15) is 17.5 Å². The summed E-state index contributed by atoms with van der Waals surface area (Å²) >= 11 is 7.24. The normalized spacial score (nSPS) is 12.2. The molecule has 0 aliphatic rings. The number of nitrogens with one attached hydrogen (secondary N) is 1. The first kappa shape index (κ1) is 13.9. The smallest absolute Gasteiger partial charge is 0.242 e. The van der Waals surface area contributed by atoms with Crippen LogP contribution in [-0.4, -0.2) is 22.1 Å². The van der Waals surface area contributed by atoms with Crippen LogP contribution < -0.4 is 11.1 Å². The molecule has 0 spiro atoms. The van der Waals surface area contributed by atoms with Crippen LogP contribution in [0.15, 0.2) is 24.3 Å². The van der Waals surface area contributed by atoms with Gasteiger partial charge in [-0.1, -0.05) is 35.1 Å². The van der Waals surface area contributed by atoms with Gasteiger partial charge in [-0.2, -0.15) is 0 Å². The van der Waals surface area contributed by atoms with Crippen molar-refractivity contribution in [1.82, 2.24) is 10.2 Å². The van der Waals surface area contributed by atoms with Gasteiger partial charge in [0, 0.05) is 11.4 Å². The zero-order valence-electron chi connectivity index (χ0n) is 10.3. The highest BCUT2D eigenvalue weighted by Gasteiger charge is 2.11. The van der Waals surface area contributed by atoms with E-state index >= 15 is 0 Å². The van der Waals surface area contributed by atoms with E-state index in [2.05, 4.69) is 15.5 Å². The molecule has 0 radical (unpaired) electrons. The van der Waals surface area contributed by atoms with Crippen molar-refractivity contribution in [1.29, 1.82) is 0 Å². The molecule has 1 aromatic carbocycles.